The maximum Gasteiger partial charge on any atom is 0.0277 e. The molecule has 0 nitrogen and oxygen atoms in total. The second-order valence-corrected chi connectivity index (χ2v) is 6.06. The summed E-state index contributed by atoms with van der Waals surface area (Å²) < 4.78 is 0. The third kappa shape index (κ3) is 2.15. The summed E-state index contributed by atoms with van der Waals surface area (Å²) in [7, 11) is 0. The van der Waals surface area contributed by atoms with E-state index in [1.165, 1.54) is 27.8 Å². The predicted molar refractivity (Wildman–Crippen MR) is 90.8 cm³/mol. The molecule has 0 radical (unpaired) electrons. The summed E-state index contributed by atoms with van der Waals surface area (Å²) in [6.07, 6.45) is 7.04. The Morgan fingerprint density at radius 2 is 1.62 bits per heavy atom. The number of hydrogen-bond donors (Lipinski definition) is 0. The van der Waals surface area contributed by atoms with Crippen LogP contribution < -0.4 is 0 Å². The maximum absolute atomic E-state index is 4.02. The minimum absolute atomic E-state index is 0.000301. The highest BCUT2D eigenvalue weighted by atomic mass is 14.4. The van der Waals surface area contributed by atoms with Crippen molar-refractivity contribution in [2.75, 3.05) is 0 Å². The Kier molecular flexibility index (Phi) is 3.55. The van der Waals surface area contributed by atoms with E-state index in [0.717, 1.165) is 19.3 Å². The molecule has 21 heavy (non-hydrogen) atoms. The average Bonchev–Trinajstić information content (AvgIpc) is 2.49. The first-order valence-electron chi connectivity index (χ1n) is 7.61. The van der Waals surface area contributed by atoms with Crippen molar-refractivity contribution in [2.45, 2.75) is 31.6 Å². The minimum atomic E-state index is -0.000301. The minimum Gasteiger partial charge on any atom is -0.103 e. The molecule has 0 aliphatic heterocycles. The summed E-state index contributed by atoms with van der Waals surface area (Å²) in [5.74, 6) is 0. The maximum atomic E-state index is 4.02. The molecule has 3 rings (SSSR count). The molecular weight excluding hydrogens is 252 g/mol. The average molecular weight is 274 g/mol. The van der Waals surface area contributed by atoms with Crippen LogP contribution in [0.15, 0.2) is 67.8 Å². The van der Waals surface area contributed by atoms with Gasteiger partial charge in [-0.05, 0) is 48.4 Å². The fraction of sp³-hybridized carbons (Fsp3) is 0.238. The van der Waals surface area contributed by atoms with Crippen LogP contribution in [0, 0.1) is 6.92 Å². The molecule has 2 aromatic carbocycles. The zero-order valence-electron chi connectivity index (χ0n) is 12.7. The van der Waals surface area contributed by atoms with E-state index < -0.39 is 0 Å². The van der Waals surface area contributed by atoms with Crippen molar-refractivity contribution in [3.63, 3.8) is 0 Å². The lowest BCUT2D eigenvalue weighted by molar-refractivity contribution is 0.509. The van der Waals surface area contributed by atoms with Crippen LogP contribution in [-0.4, -0.2) is 0 Å². The van der Waals surface area contributed by atoms with Crippen LogP contribution in [0.5, 0.6) is 0 Å². The van der Waals surface area contributed by atoms with E-state index in [2.05, 4.69) is 74.7 Å². The van der Waals surface area contributed by atoms with E-state index in [0.29, 0.717) is 0 Å². The summed E-state index contributed by atoms with van der Waals surface area (Å²) in [6, 6.07) is 15.7. The van der Waals surface area contributed by atoms with Gasteiger partial charge in [-0.3, -0.25) is 0 Å². The summed E-state index contributed by atoms with van der Waals surface area (Å²) in [5.41, 5.74) is 7.12. The topological polar surface area (TPSA) is 0 Å². The lowest BCUT2D eigenvalue weighted by Gasteiger charge is -2.40. The molecule has 0 bridgehead atoms. The molecule has 106 valence electrons. The van der Waals surface area contributed by atoms with E-state index in [9.17, 15) is 0 Å². The molecule has 0 saturated heterocycles. The molecule has 2 aromatic rings. The van der Waals surface area contributed by atoms with Gasteiger partial charge in [0.2, 0.25) is 0 Å². The lowest BCUT2D eigenvalue weighted by Crippen LogP contribution is -2.32. The highest BCUT2D eigenvalue weighted by Crippen LogP contribution is 2.47. The quantitative estimate of drug-likeness (QED) is 0.660. The number of rotatable bonds is 4. The molecule has 0 aromatic heterocycles. The zero-order chi connectivity index (χ0) is 14.9. The van der Waals surface area contributed by atoms with E-state index in [-0.39, 0.29) is 5.41 Å². The number of hydrogen-bond acceptors (Lipinski definition) is 0. The molecule has 0 saturated carbocycles. The standard InChI is InChI=1S/C21H22/c1-4-12-21(13-5-2)19-9-7-6-8-17(19)15-18-11-10-16(3)14-20(18)21/h4-11,14H,1-2,12-13,15H2,3H3. The molecular formula is C21H22. The fourth-order valence-electron chi connectivity index (χ4n) is 3.80. The molecule has 0 amide bonds. The summed E-state index contributed by atoms with van der Waals surface area (Å²) in [5, 5.41) is 0. The Labute approximate surface area is 127 Å². The van der Waals surface area contributed by atoms with Gasteiger partial charge in [0.15, 0.2) is 0 Å². The number of aryl methyl sites for hydroxylation is 1. The predicted octanol–water partition coefficient (Wildman–Crippen LogP) is 5.34. The summed E-state index contributed by atoms with van der Waals surface area (Å²) in [4.78, 5) is 0. The zero-order valence-corrected chi connectivity index (χ0v) is 12.7. The van der Waals surface area contributed by atoms with Gasteiger partial charge in [-0.2, -0.15) is 0 Å². The first-order chi connectivity index (χ1) is 10.2. The van der Waals surface area contributed by atoms with Crippen molar-refractivity contribution in [1.29, 1.82) is 0 Å². The van der Waals surface area contributed by atoms with Crippen molar-refractivity contribution in [3.8, 4) is 0 Å². The van der Waals surface area contributed by atoms with Gasteiger partial charge in [0.25, 0.3) is 0 Å². The van der Waals surface area contributed by atoms with Gasteiger partial charge >= 0.3 is 0 Å². The molecule has 0 atom stereocenters. The smallest absolute Gasteiger partial charge is 0.0277 e. The molecule has 0 spiro atoms. The Hall–Kier alpha value is -2.08. The lowest BCUT2D eigenvalue weighted by atomic mass is 9.63. The van der Waals surface area contributed by atoms with E-state index in [1.807, 2.05) is 0 Å². The molecule has 0 heterocycles. The molecule has 0 N–H and O–H groups in total. The van der Waals surface area contributed by atoms with E-state index in [1.54, 1.807) is 0 Å². The van der Waals surface area contributed by atoms with Crippen LogP contribution in [0.1, 0.15) is 40.7 Å². The monoisotopic (exact) mass is 274 g/mol. The van der Waals surface area contributed by atoms with Gasteiger partial charge in [0.1, 0.15) is 0 Å². The van der Waals surface area contributed by atoms with Crippen molar-refractivity contribution in [3.05, 3.63) is 95.6 Å². The van der Waals surface area contributed by atoms with Gasteiger partial charge < -0.3 is 0 Å². The number of allylic oxidation sites excluding steroid dienone is 2. The SMILES string of the molecule is C=CCC1(CC=C)c2ccccc2Cc2ccc(C)cc21. The largest absolute Gasteiger partial charge is 0.103 e. The Balaban J connectivity index is 2.32. The van der Waals surface area contributed by atoms with Crippen molar-refractivity contribution in [2.24, 2.45) is 0 Å². The van der Waals surface area contributed by atoms with Crippen LogP contribution in [0.2, 0.25) is 0 Å². The third-order valence-corrected chi connectivity index (χ3v) is 4.68. The van der Waals surface area contributed by atoms with Gasteiger partial charge in [-0.25, -0.2) is 0 Å². The van der Waals surface area contributed by atoms with Gasteiger partial charge in [0.05, 0.1) is 0 Å². The molecule has 0 heteroatoms. The van der Waals surface area contributed by atoms with Crippen molar-refractivity contribution >= 4 is 0 Å². The third-order valence-electron chi connectivity index (χ3n) is 4.68. The van der Waals surface area contributed by atoms with E-state index in [4.69, 9.17) is 0 Å². The van der Waals surface area contributed by atoms with Crippen LogP contribution in [0.25, 0.3) is 0 Å². The van der Waals surface area contributed by atoms with Gasteiger partial charge in [-0.1, -0.05) is 60.2 Å². The normalized spacial score (nSPS) is 14.9. The van der Waals surface area contributed by atoms with Gasteiger partial charge in [-0.15, -0.1) is 13.2 Å². The molecule has 0 unspecified atom stereocenters. The van der Waals surface area contributed by atoms with Gasteiger partial charge in [0, 0.05) is 5.41 Å². The summed E-state index contributed by atoms with van der Waals surface area (Å²) >= 11 is 0. The van der Waals surface area contributed by atoms with Crippen LogP contribution >= 0.6 is 0 Å². The first kappa shape index (κ1) is 13.9. The second-order valence-electron chi connectivity index (χ2n) is 6.06. The Morgan fingerprint density at radius 3 is 2.33 bits per heavy atom. The van der Waals surface area contributed by atoms with E-state index >= 15 is 0 Å². The number of fused-ring (bicyclic) bond motifs is 2. The van der Waals surface area contributed by atoms with Crippen molar-refractivity contribution < 1.29 is 0 Å². The molecule has 0 fully saturated rings. The summed E-state index contributed by atoms with van der Waals surface area (Å²) in [6.45, 7) is 10.2. The Morgan fingerprint density at radius 1 is 0.952 bits per heavy atom. The highest BCUT2D eigenvalue weighted by Gasteiger charge is 2.38. The van der Waals surface area contributed by atoms with Crippen LogP contribution in [0.3, 0.4) is 0 Å². The van der Waals surface area contributed by atoms with Crippen LogP contribution in [0.4, 0.5) is 0 Å². The second kappa shape index (κ2) is 5.37. The molecule has 1 aliphatic rings. The van der Waals surface area contributed by atoms with Crippen LogP contribution in [-0.2, 0) is 11.8 Å². The van der Waals surface area contributed by atoms with Crippen molar-refractivity contribution in [1.82, 2.24) is 0 Å². The Bertz CT molecular complexity index is 681. The fourth-order valence-corrected chi connectivity index (χ4v) is 3.80. The molecule has 1 aliphatic carbocycles. The highest BCUT2D eigenvalue weighted by molar-refractivity contribution is 5.55. The number of benzene rings is 2. The first-order valence-corrected chi connectivity index (χ1v) is 7.61.